The van der Waals surface area contributed by atoms with Crippen LogP contribution < -0.4 is 0 Å². The first-order chi connectivity index (χ1) is 11.6. The lowest BCUT2D eigenvalue weighted by atomic mass is 9.64. The molecule has 26 heavy (non-hydrogen) atoms. The van der Waals surface area contributed by atoms with Gasteiger partial charge in [0.25, 0.3) is 0 Å². The molecule has 0 saturated heterocycles. The van der Waals surface area contributed by atoms with Crippen molar-refractivity contribution in [2.45, 2.75) is 66.9 Å². The Labute approximate surface area is 154 Å². The Kier molecular flexibility index (Phi) is 3.75. The number of hydrogen-bond acceptors (Lipinski definition) is 5. The van der Waals surface area contributed by atoms with Gasteiger partial charge >= 0.3 is 0 Å². The first kappa shape index (κ1) is 19.3. The molecule has 4 atom stereocenters. The van der Waals surface area contributed by atoms with Crippen LogP contribution in [0.5, 0.6) is 0 Å². The van der Waals surface area contributed by atoms with E-state index in [0.717, 1.165) is 0 Å². The maximum atomic E-state index is 13.5. The molecule has 2 fully saturated rings. The molecule has 5 heteroatoms. The summed E-state index contributed by atoms with van der Waals surface area (Å²) in [6.07, 6.45) is 0.557. The van der Waals surface area contributed by atoms with E-state index < -0.39 is 39.3 Å². The minimum absolute atomic E-state index is 0.184. The Balaban J connectivity index is 2.25. The standard InChI is InChI=1S/C21H30O5/c1-10(2)14(22)13-15(23)20(7)8-12-18(3,4)11(19(5,6)26)9-21(12,16(13)24)17(20)25/h10-12,23,26H,8-9H2,1-7H3/t11-,12-,20-,21-/m0/s1. The predicted octanol–water partition coefficient (Wildman–Crippen LogP) is 3.01. The van der Waals surface area contributed by atoms with Crippen LogP contribution in [0.3, 0.4) is 0 Å². The molecule has 2 N–H and O–H groups in total. The predicted molar refractivity (Wildman–Crippen MR) is 96.3 cm³/mol. The number of allylic oxidation sites excluding steroid dienone is 2. The van der Waals surface area contributed by atoms with Crippen LogP contribution in [0.2, 0.25) is 0 Å². The molecule has 0 aromatic heterocycles. The summed E-state index contributed by atoms with van der Waals surface area (Å²) in [6, 6.07) is 0. The van der Waals surface area contributed by atoms with E-state index in [9.17, 15) is 24.6 Å². The minimum Gasteiger partial charge on any atom is -0.510 e. The Bertz CT molecular complexity index is 751. The van der Waals surface area contributed by atoms with Gasteiger partial charge in [-0.3, -0.25) is 14.4 Å². The topological polar surface area (TPSA) is 91.7 Å². The van der Waals surface area contributed by atoms with Gasteiger partial charge in [-0.2, -0.15) is 0 Å². The van der Waals surface area contributed by atoms with Crippen molar-refractivity contribution >= 4 is 17.3 Å². The number of ketones is 3. The molecule has 3 rings (SSSR count). The zero-order chi connectivity index (χ0) is 20.0. The maximum absolute atomic E-state index is 13.5. The van der Waals surface area contributed by atoms with Crippen molar-refractivity contribution in [2.75, 3.05) is 0 Å². The Morgan fingerprint density at radius 1 is 1.15 bits per heavy atom. The monoisotopic (exact) mass is 362 g/mol. The number of aliphatic hydroxyl groups excluding tert-OH is 1. The van der Waals surface area contributed by atoms with E-state index in [-0.39, 0.29) is 35.4 Å². The summed E-state index contributed by atoms with van der Waals surface area (Å²) in [4.78, 5) is 39.7. The molecule has 1 spiro atoms. The van der Waals surface area contributed by atoms with Gasteiger partial charge in [0, 0.05) is 5.92 Å². The quantitative estimate of drug-likeness (QED) is 0.595. The molecule has 0 amide bonds. The third-order valence-corrected chi connectivity index (χ3v) is 7.45. The van der Waals surface area contributed by atoms with E-state index in [0.29, 0.717) is 6.42 Å². The minimum atomic E-state index is -1.31. The van der Waals surface area contributed by atoms with E-state index in [1.54, 1.807) is 34.6 Å². The third kappa shape index (κ3) is 1.98. The van der Waals surface area contributed by atoms with Crippen LogP contribution in [-0.4, -0.2) is 33.2 Å². The molecule has 0 aromatic rings. The molecular formula is C21H30O5. The van der Waals surface area contributed by atoms with E-state index in [1.165, 1.54) is 0 Å². The average Bonchev–Trinajstić information content (AvgIpc) is 2.85. The summed E-state index contributed by atoms with van der Waals surface area (Å²) in [7, 11) is 0. The number of hydrogen-bond donors (Lipinski definition) is 2. The number of rotatable bonds is 3. The maximum Gasteiger partial charge on any atom is 0.183 e. The van der Waals surface area contributed by atoms with Crippen molar-refractivity contribution in [2.24, 2.45) is 34.0 Å². The van der Waals surface area contributed by atoms with E-state index in [4.69, 9.17) is 0 Å². The second-order valence-corrected chi connectivity index (χ2v) is 10.2. The fourth-order valence-corrected chi connectivity index (χ4v) is 6.13. The van der Waals surface area contributed by atoms with Crippen LogP contribution in [0.4, 0.5) is 0 Å². The fraction of sp³-hybridized carbons (Fsp3) is 0.762. The van der Waals surface area contributed by atoms with Gasteiger partial charge < -0.3 is 10.2 Å². The van der Waals surface area contributed by atoms with Crippen molar-refractivity contribution in [1.29, 1.82) is 0 Å². The zero-order valence-electron chi connectivity index (χ0n) is 16.8. The Morgan fingerprint density at radius 3 is 2.15 bits per heavy atom. The van der Waals surface area contributed by atoms with Gasteiger partial charge in [-0.1, -0.05) is 27.7 Å². The highest BCUT2D eigenvalue weighted by atomic mass is 16.3. The van der Waals surface area contributed by atoms with Crippen LogP contribution in [0.15, 0.2) is 11.3 Å². The molecule has 0 aliphatic heterocycles. The third-order valence-electron chi connectivity index (χ3n) is 7.45. The second-order valence-electron chi connectivity index (χ2n) is 10.2. The van der Waals surface area contributed by atoms with Crippen molar-refractivity contribution in [1.82, 2.24) is 0 Å². The van der Waals surface area contributed by atoms with E-state index >= 15 is 0 Å². The zero-order valence-corrected chi connectivity index (χ0v) is 16.8. The highest BCUT2D eigenvalue weighted by Gasteiger charge is 2.77. The van der Waals surface area contributed by atoms with Crippen LogP contribution in [0.1, 0.15) is 61.3 Å². The second kappa shape index (κ2) is 5.06. The number of carbonyl (C=O) groups excluding carboxylic acids is 3. The van der Waals surface area contributed by atoms with Gasteiger partial charge in [0.1, 0.15) is 11.3 Å². The van der Waals surface area contributed by atoms with Crippen molar-refractivity contribution in [3.8, 4) is 0 Å². The SMILES string of the molecule is CC(C)C(=O)C1=C(O)[C@]2(C)C[C@H]3C(C)(C)[C@@H](C(C)(C)O)C[C@]3(C1=O)C2=O. The van der Waals surface area contributed by atoms with E-state index in [1.807, 2.05) is 13.8 Å². The molecule has 2 bridgehead atoms. The lowest BCUT2D eigenvalue weighted by Gasteiger charge is -2.40. The largest absolute Gasteiger partial charge is 0.510 e. The normalized spacial score (nSPS) is 39.0. The fourth-order valence-electron chi connectivity index (χ4n) is 6.13. The van der Waals surface area contributed by atoms with Crippen molar-refractivity contribution in [3.63, 3.8) is 0 Å². The van der Waals surface area contributed by atoms with Crippen molar-refractivity contribution in [3.05, 3.63) is 11.3 Å². The van der Waals surface area contributed by atoms with Crippen molar-refractivity contribution < 1.29 is 24.6 Å². The summed E-state index contributed by atoms with van der Waals surface area (Å²) in [5.41, 5.74) is -4.21. The van der Waals surface area contributed by atoms with Gasteiger partial charge in [-0.05, 0) is 50.9 Å². The van der Waals surface area contributed by atoms with Gasteiger partial charge in [0.2, 0.25) is 0 Å². The molecule has 5 nitrogen and oxygen atoms in total. The van der Waals surface area contributed by atoms with Gasteiger partial charge in [-0.25, -0.2) is 0 Å². The summed E-state index contributed by atoms with van der Waals surface area (Å²) in [5.74, 6) is -2.57. The summed E-state index contributed by atoms with van der Waals surface area (Å²) >= 11 is 0. The highest BCUT2D eigenvalue weighted by molar-refractivity contribution is 6.32. The molecule has 3 aliphatic rings. The summed E-state index contributed by atoms with van der Waals surface area (Å²) < 4.78 is 0. The van der Waals surface area contributed by atoms with Crippen LogP contribution >= 0.6 is 0 Å². The number of fused-ring (bicyclic) bond motifs is 1. The number of Topliss-reactive ketones (excluding diaryl/α,β-unsaturated/α-hetero) is 3. The Hall–Kier alpha value is -1.49. The van der Waals surface area contributed by atoms with Gasteiger partial charge in [0.05, 0.1) is 16.4 Å². The van der Waals surface area contributed by atoms with Crippen LogP contribution in [0.25, 0.3) is 0 Å². The molecular weight excluding hydrogens is 332 g/mol. The first-order valence-electron chi connectivity index (χ1n) is 9.43. The highest BCUT2D eigenvalue weighted by Crippen LogP contribution is 2.72. The molecule has 0 aromatic carbocycles. The average molecular weight is 362 g/mol. The lowest BCUT2D eigenvalue weighted by molar-refractivity contribution is -0.144. The number of carbonyl (C=O) groups is 3. The van der Waals surface area contributed by atoms with Gasteiger partial charge in [-0.15, -0.1) is 0 Å². The Morgan fingerprint density at radius 2 is 1.69 bits per heavy atom. The molecule has 3 aliphatic carbocycles. The smallest absolute Gasteiger partial charge is 0.183 e. The first-order valence-corrected chi connectivity index (χ1v) is 9.43. The summed E-state index contributed by atoms with van der Waals surface area (Å²) in [5, 5.41) is 21.5. The lowest BCUT2D eigenvalue weighted by Crippen LogP contribution is -2.49. The molecule has 0 radical (unpaired) electrons. The molecule has 144 valence electrons. The van der Waals surface area contributed by atoms with Crippen LogP contribution in [-0.2, 0) is 14.4 Å². The van der Waals surface area contributed by atoms with Crippen LogP contribution in [0, 0.1) is 34.0 Å². The van der Waals surface area contributed by atoms with E-state index in [2.05, 4.69) is 0 Å². The molecule has 2 saturated carbocycles. The molecule has 0 unspecified atom stereocenters. The molecule has 0 heterocycles. The van der Waals surface area contributed by atoms with Gasteiger partial charge in [0.15, 0.2) is 17.3 Å². The summed E-state index contributed by atoms with van der Waals surface area (Å²) in [6.45, 7) is 12.4. The number of aliphatic hydroxyl groups is 2.